The summed E-state index contributed by atoms with van der Waals surface area (Å²) in [6, 6.07) is 1.53. The number of rotatable bonds is 4. The summed E-state index contributed by atoms with van der Waals surface area (Å²) < 4.78 is 5.95. The van der Waals surface area contributed by atoms with E-state index in [-0.39, 0.29) is 5.56 Å². The molecular formula is C10H11NO4. The molecule has 1 aromatic rings. The maximum absolute atomic E-state index is 11.4. The first-order valence-electron chi connectivity index (χ1n) is 4.31. The van der Waals surface area contributed by atoms with E-state index in [0.29, 0.717) is 0 Å². The first-order valence-corrected chi connectivity index (χ1v) is 4.31. The summed E-state index contributed by atoms with van der Waals surface area (Å²) in [7, 11) is 2.91. The number of carbonyl (C=O) groups is 3. The molecule has 0 bridgehead atoms. The van der Waals surface area contributed by atoms with Crippen LogP contribution in [0.1, 0.15) is 16.8 Å². The number of hydrogen-bond donors (Lipinski definition) is 0. The molecule has 1 heterocycles. The average molecular weight is 209 g/mol. The van der Waals surface area contributed by atoms with Gasteiger partial charge >= 0.3 is 5.97 Å². The van der Waals surface area contributed by atoms with Gasteiger partial charge in [-0.2, -0.15) is 0 Å². The predicted octanol–water partition coefficient (Wildman–Crippen LogP) is 0.340. The van der Waals surface area contributed by atoms with E-state index in [1.807, 2.05) is 0 Å². The zero-order chi connectivity index (χ0) is 11.4. The lowest BCUT2D eigenvalue weighted by Crippen LogP contribution is -2.18. The summed E-state index contributed by atoms with van der Waals surface area (Å²) in [4.78, 5) is 33.5. The van der Waals surface area contributed by atoms with E-state index in [9.17, 15) is 14.4 Å². The van der Waals surface area contributed by atoms with Crippen LogP contribution in [0, 0.1) is 0 Å². The number of nitrogens with zero attached hydrogens (tertiary/aromatic N) is 1. The van der Waals surface area contributed by atoms with Gasteiger partial charge in [-0.3, -0.25) is 14.4 Å². The Hall–Kier alpha value is -1.91. The number of methoxy groups -OCH3 is 1. The van der Waals surface area contributed by atoms with Gasteiger partial charge in [-0.15, -0.1) is 0 Å². The van der Waals surface area contributed by atoms with E-state index in [1.165, 1.54) is 19.4 Å². The zero-order valence-electron chi connectivity index (χ0n) is 8.52. The van der Waals surface area contributed by atoms with Gasteiger partial charge in [0.1, 0.15) is 6.42 Å². The lowest BCUT2D eigenvalue weighted by molar-refractivity contribution is -0.142. The highest BCUT2D eigenvalue weighted by Gasteiger charge is 2.20. The largest absolute Gasteiger partial charge is 0.469 e. The fourth-order valence-electron chi connectivity index (χ4n) is 1.08. The van der Waals surface area contributed by atoms with Crippen LogP contribution < -0.4 is 0 Å². The lowest BCUT2D eigenvalue weighted by Gasteiger charge is -1.96. The molecule has 0 amide bonds. The van der Waals surface area contributed by atoms with Gasteiger partial charge in [-0.25, -0.2) is 0 Å². The van der Waals surface area contributed by atoms with Crippen LogP contribution >= 0.6 is 0 Å². The standard InChI is InChI=1S/C10H11NO4/c1-11-4-3-7(6-11)10(14)8(12)5-9(13)15-2/h3-4,6H,5H2,1-2H3. The minimum atomic E-state index is -0.756. The Labute approximate surface area is 86.6 Å². The van der Waals surface area contributed by atoms with Gasteiger partial charge < -0.3 is 9.30 Å². The minimum Gasteiger partial charge on any atom is -0.469 e. The molecule has 0 aromatic carbocycles. The molecule has 5 heteroatoms. The van der Waals surface area contributed by atoms with E-state index in [0.717, 1.165) is 0 Å². The number of aryl methyl sites for hydroxylation is 1. The van der Waals surface area contributed by atoms with E-state index < -0.39 is 24.0 Å². The fourth-order valence-corrected chi connectivity index (χ4v) is 1.08. The van der Waals surface area contributed by atoms with Gasteiger partial charge in [-0.05, 0) is 6.07 Å². The van der Waals surface area contributed by atoms with Crippen molar-refractivity contribution >= 4 is 17.5 Å². The first-order chi connectivity index (χ1) is 7.04. The van der Waals surface area contributed by atoms with Gasteiger partial charge in [0.05, 0.1) is 7.11 Å². The molecule has 1 aromatic heterocycles. The van der Waals surface area contributed by atoms with Gasteiger partial charge in [-0.1, -0.05) is 0 Å². The summed E-state index contributed by atoms with van der Waals surface area (Å²) in [5.41, 5.74) is 0.284. The van der Waals surface area contributed by atoms with Crippen LogP contribution in [0.2, 0.25) is 0 Å². The maximum Gasteiger partial charge on any atom is 0.313 e. The van der Waals surface area contributed by atoms with Crippen LogP contribution in [0.5, 0.6) is 0 Å². The number of hydrogen-bond acceptors (Lipinski definition) is 4. The van der Waals surface area contributed by atoms with Crippen molar-refractivity contribution in [3.05, 3.63) is 24.0 Å². The highest BCUT2D eigenvalue weighted by molar-refractivity contribution is 6.45. The second kappa shape index (κ2) is 4.54. The number of ketones is 2. The van der Waals surface area contributed by atoms with E-state index >= 15 is 0 Å². The predicted molar refractivity (Wildman–Crippen MR) is 51.4 cm³/mol. The van der Waals surface area contributed by atoms with Crippen molar-refractivity contribution in [2.24, 2.45) is 7.05 Å². The summed E-state index contributed by atoms with van der Waals surface area (Å²) in [5, 5.41) is 0. The Kier molecular flexibility index (Phi) is 3.38. The van der Waals surface area contributed by atoms with Gasteiger partial charge in [0.15, 0.2) is 0 Å². The first kappa shape index (κ1) is 11.2. The number of carbonyl (C=O) groups excluding carboxylic acids is 3. The minimum absolute atomic E-state index is 0.284. The van der Waals surface area contributed by atoms with Crippen LogP contribution in [0.15, 0.2) is 18.5 Å². The van der Waals surface area contributed by atoms with Crippen LogP contribution in [0.3, 0.4) is 0 Å². The maximum atomic E-state index is 11.4. The van der Waals surface area contributed by atoms with Crippen LogP contribution in [-0.4, -0.2) is 29.2 Å². The fraction of sp³-hybridized carbons (Fsp3) is 0.300. The molecule has 0 aliphatic carbocycles. The highest BCUT2D eigenvalue weighted by Crippen LogP contribution is 2.03. The normalized spacial score (nSPS) is 9.73. The molecule has 0 saturated carbocycles. The third-order valence-electron chi connectivity index (χ3n) is 1.88. The molecule has 80 valence electrons. The molecular weight excluding hydrogens is 198 g/mol. The summed E-state index contributed by atoms with van der Waals surface area (Å²) >= 11 is 0. The number of ether oxygens (including phenoxy) is 1. The molecule has 15 heavy (non-hydrogen) atoms. The monoisotopic (exact) mass is 209 g/mol. The second-order valence-electron chi connectivity index (χ2n) is 3.07. The second-order valence-corrected chi connectivity index (χ2v) is 3.07. The average Bonchev–Trinajstić information content (AvgIpc) is 2.63. The quantitative estimate of drug-likeness (QED) is 0.310. The zero-order valence-corrected chi connectivity index (χ0v) is 8.52. The SMILES string of the molecule is COC(=O)CC(=O)C(=O)c1ccn(C)c1. The molecule has 0 unspecified atom stereocenters. The Balaban J connectivity index is 2.69. The third kappa shape index (κ3) is 2.77. The van der Waals surface area contributed by atoms with Gasteiger partial charge in [0.25, 0.3) is 0 Å². The molecule has 0 radical (unpaired) electrons. The van der Waals surface area contributed by atoms with E-state index in [2.05, 4.69) is 4.74 Å². The number of aromatic nitrogens is 1. The molecule has 1 rings (SSSR count). The van der Waals surface area contributed by atoms with Crippen molar-refractivity contribution in [2.75, 3.05) is 7.11 Å². The highest BCUT2D eigenvalue weighted by atomic mass is 16.5. The molecule has 0 atom stereocenters. The van der Waals surface area contributed by atoms with Crippen molar-refractivity contribution in [3.8, 4) is 0 Å². The lowest BCUT2D eigenvalue weighted by atomic mass is 10.1. The van der Waals surface area contributed by atoms with E-state index in [4.69, 9.17) is 0 Å². The van der Waals surface area contributed by atoms with Gasteiger partial charge in [0, 0.05) is 25.0 Å². The summed E-state index contributed by atoms with van der Waals surface area (Å²) in [5.74, 6) is -2.13. The molecule has 0 spiro atoms. The summed E-state index contributed by atoms with van der Waals surface area (Å²) in [6.45, 7) is 0. The molecule has 5 nitrogen and oxygen atoms in total. The van der Waals surface area contributed by atoms with Crippen molar-refractivity contribution < 1.29 is 19.1 Å². The van der Waals surface area contributed by atoms with Crippen LogP contribution in [0.25, 0.3) is 0 Å². The number of Topliss-reactive ketones (excluding diaryl/α,β-unsaturated/α-hetero) is 2. The Morgan fingerprint density at radius 2 is 2.07 bits per heavy atom. The molecule has 0 aliphatic rings. The molecule has 0 aliphatic heterocycles. The van der Waals surface area contributed by atoms with Crippen molar-refractivity contribution in [1.29, 1.82) is 0 Å². The van der Waals surface area contributed by atoms with Crippen LogP contribution in [0.4, 0.5) is 0 Å². The van der Waals surface area contributed by atoms with E-state index in [1.54, 1.807) is 17.8 Å². The topological polar surface area (TPSA) is 65.4 Å². The van der Waals surface area contributed by atoms with Crippen LogP contribution in [-0.2, 0) is 21.4 Å². The van der Waals surface area contributed by atoms with Crippen molar-refractivity contribution in [3.63, 3.8) is 0 Å². The molecule has 0 N–H and O–H groups in total. The molecule has 0 saturated heterocycles. The Morgan fingerprint density at radius 3 is 2.53 bits per heavy atom. The van der Waals surface area contributed by atoms with Crippen molar-refractivity contribution in [2.45, 2.75) is 6.42 Å². The third-order valence-corrected chi connectivity index (χ3v) is 1.88. The Bertz CT molecular complexity index is 405. The smallest absolute Gasteiger partial charge is 0.313 e. The Morgan fingerprint density at radius 1 is 1.40 bits per heavy atom. The van der Waals surface area contributed by atoms with Gasteiger partial charge in [0.2, 0.25) is 11.6 Å². The number of esters is 1. The summed E-state index contributed by atoms with van der Waals surface area (Å²) in [6.07, 6.45) is 2.67. The molecule has 0 fully saturated rings. The van der Waals surface area contributed by atoms with Crippen molar-refractivity contribution in [1.82, 2.24) is 4.57 Å².